The van der Waals surface area contributed by atoms with Gasteiger partial charge in [0, 0.05) is 41.8 Å². The SMILES string of the molecule is COc1cc(NC(=O)CSc2nnc(N/N=C/c3cccnc3)n2N)cc(OC)c1. The first kappa shape index (κ1) is 20.9. The lowest BCUT2D eigenvalue weighted by Crippen LogP contribution is -2.17. The number of nitrogen functional groups attached to an aromatic ring is 1. The third-order valence-electron chi connectivity index (χ3n) is 3.69. The number of hydrazone groups is 1. The number of benzene rings is 1. The van der Waals surface area contributed by atoms with Crippen LogP contribution in [0.2, 0.25) is 0 Å². The smallest absolute Gasteiger partial charge is 0.264 e. The maximum atomic E-state index is 12.3. The second kappa shape index (κ2) is 10.1. The van der Waals surface area contributed by atoms with Gasteiger partial charge in [0.1, 0.15) is 11.5 Å². The van der Waals surface area contributed by atoms with Crippen molar-refractivity contribution in [3.63, 3.8) is 0 Å². The van der Waals surface area contributed by atoms with Crippen molar-refractivity contribution in [2.24, 2.45) is 5.10 Å². The summed E-state index contributed by atoms with van der Waals surface area (Å²) in [6.07, 6.45) is 4.91. The van der Waals surface area contributed by atoms with Gasteiger partial charge in [-0.05, 0) is 6.07 Å². The molecule has 0 saturated heterocycles. The highest BCUT2D eigenvalue weighted by Crippen LogP contribution is 2.26. The number of hydrogen-bond acceptors (Lipinski definition) is 10. The van der Waals surface area contributed by atoms with E-state index in [1.54, 1.807) is 42.9 Å². The number of carbonyl (C=O) groups is 1. The Morgan fingerprint density at radius 2 is 2.03 bits per heavy atom. The summed E-state index contributed by atoms with van der Waals surface area (Å²) in [4.78, 5) is 16.3. The van der Waals surface area contributed by atoms with Crippen LogP contribution >= 0.6 is 11.8 Å². The van der Waals surface area contributed by atoms with Gasteiger partial charge >= 0.3 is 0 Å². The molecule has 0 unspecified atom stereocenters. The van der Waals surface area contributed by atoms with Crippen LogP contribution in [-0.2, 0) is 4.79 Å². The van der Waals surface area contributed by atoms with Gasteiger partial charge in [0.15, 0.2) is 0 Å². The molecule has 12 heteroatoms. The van der Waals surface area contributed by atoms with Gasteiger partial charge in [-0.2, -0.15) is 5.10 Å². The minimum atomic E-state index is -0.248. The molecule has 1 amide bonds. The number of carbonyl (C=O) groups excluding carboxylic acids is 1. The van der Waals surface area contributed by atoms with Gasteiger partial charge in [0.05, 0.1) is 26.2 Å². The van der Waals surface area contributed by atoms with Crippen molar-refractivity contribution in [3.05, 3.63) is 48.3 Å². The van der Waals surface area contributed by atoms with E-state index in [9.17, 15) is 4.79 Å². The first-order chi connectivity index (χ1) is 14.6. The summed E-state index contributed by atoms with van der Waals surface area (Å²) in [5.41, 5.74) is 4.07. The summed E-state index contributed by atoms with van der Waals surface area (Å²) in [5, 5.41) is 15.0. The van der Waals surface area contributed by atoms with Crippen molar-refractivity contribution in [1.29, 1.82) is 0 Å². The van der Waals surface area contributed by atoms with Crippen molar-refractivity contribution < 1.29 is 14.3 Å². The molecule has 0 fully saturated rings. The first-order valence-corrected chi connectivity index (χ1v) is 9.63. The molecular weight excluding hydrogens is 408 g/mol. The van der Waals surface area contributed by atoms with Crippen LogP contribution in [-0.4, -0.2) is 52.0 Å². The van der Waals surface area contributed by atoms with Crippen LogP contribution in [0.25, 0.3) is 0 Å². The summed E-state index contributed by atoms with van der Waals surface area (Å²) in [7, 11) is 3.08. The number of pyridine rings is 1. The molecule has 1 aromatic carbocycles. The predicted octanol–water partition coefficient (Wildman–Crippen LogP) is 1.58. The zero-order valence-electron chi connectivity index (χ0n) is 16.3. The molecule has 0 bridgehead atoms. The molecule has 11 nitrogen and oxygen atoms in total. The maximum Gasteiger partial charge on any atom is 0.264 e. The number of thioether (sulfide) groups is 1. The molecule has 3 aromatic rings. The number of amides is 1. The van der Waals surface area contributed by atoms with Gasteiger partial charge in [0.25, 0.3) is 5.95 Å². The number of nitrogens with zero attached hydrogens (tertiary/aromatic N) is 5. The monoisotopic (exact) mass is 428 g/mol. The summed E-state index contributed by atoms with van der Waals surface area (Å²) >= 11 is 1.13. The largest absolute Gasteiger partial charge is 0.497 e. The van der Waals surface area contributed by atoms with Crippen molar-refractivity contribution >= 4 is 35.5 Å². The number of rotatable bonds is 9. The number of nitrogens with two attached hydrogens (primary N) is 1. The molecule has 3 rings (SSSR count). The average Bonchev–Trinajstić information content (AvgIpc) is 3.12. The van der Waals surface area contributed by atoms with Crippen LogP contribution in [0.1, 0.15) is 5.56 Å². The van der Waals surface area contributed by atoms with Gasteiger partial charge in [-0.15, -0.1) is 10.2 Å². The van der Waals surface area contributed by atoms with Crippen molar-refractivity contribution in [2.75, 3.05) is 36.6 Å². The van der Waals surface area contributed by atoms with Crippen LogP contribution in [0.5, 0.6) is 11.5 Å². The second-order valence-electron chi connectivity index (χ2n) is 5.77. The number of hydrogen-bond donors (Lipinski definition) is 3. The van der Waals surface area contributed by atoms with E-state index in [1.807, 2.05) is 6.07 Å². The van der Waals surface area contributed by atoms with E-state index in [2.05, 4.69) is 31.0 Å². The summed E-state index contributed by atoms with van der Waals surface area (Å²) in [6.45, 7) is 0. The normalized spacial score (nSPS) is 10.7. The molecule has 0 spiro atoms. The molecule has 2 heterocycles. The highest BCUT2D eigenvalue weighted by molar-refractivity contribution is 7.99. The molecule has 0 aliphatic rings. The van der Waals surface area contributed by atoms with E-state index in [0.717, 1.165) is 17.3 Å². The molecule has 156 valence electrons. The topological polar surface area (TPSA) is 142 Å². The van der Waals surface area contributed by atoms with Gasteiger partial charge in [-0.1, -0.05) is 17.8 Å². The van der Waals surface area contributed by atoms with Crippen molar-refractivity contribution in [2.45, 2.75) is 5.16 Å². The average molecular weight is 428 g/mol. The van der Waals surface area contributed by atoms with E-state index in [-0.39, 0.29) is 17.6 Å². The maximum absolute atomic E-state index is 12.3. The fraction of sp³-hybridized carbons (Fsp3) is 0.167. The van der Waals surface area contributed by atoms with Gasteiger partial charge < -0.3 is 20.6 Å². The minimum Gasteiger partial charge on any atom is -0.497 e. The van der Waals surface area contributed by atoms with Crippen molar-refractivity contribution in [3.8, 4) is 11.5 Å². The Kier molecular flexibility index (Phi) is 7.05. The Balaban J connectivity index is 1.55. The third-order valence-corrected chi connectivity index (χ3v) is 4.64. The molecular formula is C18H20N8O3S. The minimum absolute atomic E-state index is 0.0772. The predicted molar refractivity (Wildman–Crippen MR) is 115 cm³/mol. The van der Waals surface area contributed by atoms with Gasteiger partial charge in [-0.25, -0.2) is 10.1 Å². The Morgan fingerprint density at radius 3 is 2.70 bits per heavy atom. The standard InChI is InChI=1S/C18H20N8O3S/c1-28-14-6-13(7-15(8-14)29-2)22-16(27)11-30-18-25-24-17(26(18)19)23-21-10-12-4-3-5-20-9-12/h3-10H,11,19H2,1-2H3,(H,22,27)(H,23,24)/b21-10+. The molecule has 0 radical (unpaired) electrons. The van der Waals surface area contributed by atoms with Gasteiger partial charge in [-0.3, -0.25) is 9.78 Å². The zero-order valence-corrected chi connectivity index (χ0v) is 17.1. The highest BCUT2D eigenvalue weighted by atomic mass is 32.2. The van der Waals surface area contributed by atoms with Crippen LogP contribution < -0.4 is 26.1 Å². The lowest BCUT2D eigenvalue weighted by Gasteiger charge is -2.09. The molecule has 0 saturated carbocycles. The van der Waals surface area contributed by atoms with E-state index in [1.165, 1.54) is 18.9 Å². The lowest BCUT2D eigenvalue weighted by atomic mass is 10.2. The Hall–Kier alpha value is -3.80. The van der Waals surface area contributed by atoms with Gasteiger partial charge in [0.2, 0.25) is 11.1 Å². The first-order valence-electron chi connectivity index (χ1n) is 8.64. The van der Waals surface area contributed by atoms with Crippen LogP contribution in [0.3, 0.4) is 0 Å². The summed E-state index contributed by atoms with van der Waals surface area (Å²) < 4.78 is 11.6. The number of aromatic nitrogens is 4. The fourth-order valence-corrected chi connectivity index (χ4v) is 2.93. The second-order valence-corrected chi connectivity index (χ2v) is 6.71. The summed E-state index contributed by atoms with van der Waals surface area (Å²) in [6, 6.07) is 8.75. The number of nitrogens with one attached hydrogen (secondary N) is 2. The molecule has 2 aromatic heterocycles. The Morgan fingerprint density at radius 1 is 1.27 bits per heavy atom. The van der Waals surface area contributed by atoms with E-state index >= 15 is 0 Å². The highest BCUT2D eigenvalue weighted by Gasteiger charge is 2.13. The van der Waals surface area contributed by atoms with Crippen LogP contribution in [0.4, 0.5) is 11.6 Å². The quantitative estimate of drug-likeness (QED) is 0.200. The van der Waals surface area contributed by atoms with E-state index < -0.39 is 0 Å². The Labute approximate surface area is 176 Å². The lowest BCUT2D eigenvalue weighted by molar-refractivity contribution is -0.113. The molecule has 4 N–H and O–H groups in total. The number of ether oxygens (including phenoxy) is 2. The molecule has 30 heavy (non-hydrogen) atoms. The molecule has 0 aliphatic heterocycles. The summed E-state index contributed by atoms with van der Waals surface area (Å²) in [5.74, 6) is 7.16. The zero-order chi connectivity index (χ0) is 21.3. The molecule has 0 aliphatic carbocycles. The van der Waals surface area contributed by atoms with Crippen LogP contribution in [0, 0.1) is 0 Å². The Bertz CT molecular complexity index is 1000. The molecule has 0 atom stereocenters. The third kappa shape index (κ3) is 5.61. The van der Waals surface area contributed by atoms with E-state index in [4.69, 9.17) is 15.3 Å². The number of methoxy groups -OCH3 is 2. The van der Waals surface area contributed by atoms with Crippen LogP contribution in [0.15, 0.2) is 53.0 Å². The van der Waals surface area contributed by atoms with Crippen molar-refractivity contribution in [1.82, 2.24) is 19.9 Å². The van der Waals surface area contributed by atoms with E-state index in [0.29, 0.717) is 22.3 Å². The fourth-order valence-electron chi connectivity index (χ4n) is 2.28. The number of anilines is 2.